The van der Waals surface area contributed by atoms with Gasteiger partial charge in [0, 0.05) is 5.56 Å². The summed E-state index contributed by atoms with van der Waals surface area (Å²) in [6.45, 7) is 0. The van der Waals surface area contributed by atoms with Crippen LogP contribution < -0.4 is 0 Å². The fourth-order valence-electron chi connectivity index (χ4n) is 1.60. The van der Waals surface area contributed by atoms with Crippen LogP contribution in [0.15, 0.2) is 18.2 Å². The molecule has 0 saturated heterocycles. The van der Waals surface area contributed by atoms with Gasteiger partial charge in [-0.2, -0.15) is 13.2 Å². The smallest absolute Gasteiger partial charge is 0.460 e. The van der Waals surface area contributed by atoms with Crippen molar-refractivity contribution in [3.05, 3.63) is 34.9 Å². The number of cyclic esters (lactones) is 1. The van der Waals surface area contributed by atoms with E-state index < -0.39 is 35.0 Å². The molecule has 0 spiro atoms. The Morgan fingerprint density at radius 3 is 2.44 bits per heavy atom. The summed E-state index contributed by atoms with van der Waals surface area (Å²) < 4.78 is 41.8. The van der Waals surface area contributed by atoms with Gasteiger partial charge in [-0.15, -0.1) is 0 Å². The minimum Gasteiger partial charge on any atom is -0.478 e. The quantitative estimate of drug-likeness (QED) is 0.744. The van der Waals surface area contributed by atoms with E-state index in [1.165, 1.54) is 0 Å². The van der Waals surface area contributed by atoms with Crippen LogP contribution in [0.3, 0.4) is 0 Å². The second-order valence-corrected chi connectivity index (χ2v) is 3.60. The van der Waals surface area contributed by atoms with Gasteiger partial charge < -0.3 is 14.9 Å². The lowest BCUT2D eigenvalue weighted by Crippen LogP contribution is -2.42. The zero-order valence-corrected chi connectivity index (χ0v) is 8.49. The summed E-state index contributed by atoms with van der Waals surface area (Å²) in [6.07, 6.45) is -5.21. The number of esters is 1. The van der Waals surface area contributed by atoms with Crippen LogP contribution in [0.25, 0.3) is 0 Å². The molecule has 0 amide bonds. The molecule has 1 unspecified atom stereocenters. The van der Waals surface area contributed by atoms with Gasteiger partial charge >= 0.3 is 23.9 Å². The highest BCUT2D eigenvalue weighted by Crippen LogP contribution is 2.46. The standard InChI is InChI=1S/C10H5F3O5/c11-10(12,13)9(17)6-2-1-4(7(14)15)3-5(6)8(16)18-9/h1-3,17H,(H,14,15). The van der Waals surface area contributed by atoms with E-state index in [1.54, 1.807) is 0 Å². The number of hydrogen-bond donors (Lipinski definition) is 2. The molecular weight excluding hydrogens is 257 g/mol. The second kappa shape index (κ2) is 3.45. The first-order valence-corrected chi connectivity index (χ1v) is 4.57. The topological polar surface area (TPSA) is 83.8 Å². The van der Waals surface area contributed by atoms with E-state index in [2.05, 4.69) is 4.74 Å². The van der Waals surface area contributed by atoms with Gasteiger partial charge in [0.25, 0.3) is 0 Å². The molecule has 1 aliphatic rings. The van der Waals surface area contributed by atoms with Crippen molar-refractivity contribution in [3.8, 4) is 0 Å². The van der Waals surface area contributed by atoms with Crippen LogP contribution in [0.2, 0.25) is 0 Å². The normalized spacial score (nSPS) is 22.6. The van der Waals surface area contributed by atoms with Crippen LogP contribution in [0.5, 0.6) is 0 Å². The summed E-state index contributed by atoms with van der Waals surface area (Å²) in [4.78, 5) is 21.9. The largest absolute Gasteiger partial charge is 0.478 e. The molecule has 1 aromatic carbocycles. The third kappa shape index (κ3) is 1.53. The van der Waals surface area contributed by atoms with Crippen molar-refractivity contribution in [1.29, 1.82) is 0 Å². The lowest BCUT2D eigenvalue weighted by Gasteiger charge is -2.24. The predicted molar refractivity (Wildman–Crippen MR) is 48.8 cm³/mol. The Morgan fingerprint density at radius 2 is 1.94 bits per heavy atom. The lowest BCUT2D eigenvalue weighted by atomic mass is 9.99. The molecular formula is C10H5F3O5. The first kappa shape index (κ1) is 12.4. The van der Waals surface area contributed by atoms with Crippen LogP contribution in [0, 0.1) is 0 Å². The molecule has 0 bridgehead atoms. The molecule has 8 heteroatoms. The summed E-state index contributed by atoms with van der Waals surface area (Å²) in [7, 11) is 0. The molecule has 0 fully saturated rings. The summed E-state index contributed by atoms with van der Waals surface area (Å²) in [5.41, 5.74) is -1.81. The maximum atomic E-state index is 12.6. The Bertz CT molecular complexity index is 551. The van der Waals surface area contributed by atoms with E-state index in [4.69, 9.17) is 5.11 Å². The number of fused-ring (bicyclic) bond motifs is 1. The number of aromatic carboxylic acids is 1. The van der Waals surface area contributed by atoms with Gasteiger partial charge in [0.2, 0.25) is 0 Å². The van der Waals surface area contributed by atoms with Gasteiger partial charge in [-0.05, 0) is 12.1 Å². The molecule has 1 aliphatic heterocycles. The molecule has 1 heterocycles. The van der Waals surface area contributed by atoms with E-state index in [0.29, 0.717) is 6.07 Å². The third-order valence-corrected chi connectivity index (χ3v) is 2.48. The van der Waals surface area contributed by atoms with Gasteiger partial charge in [-0.1, -0.05) is 6.07 Å². The van der Waals surface area contributed by atoms with Gasteiger partial charge in [0.1, 0.15) is 0 Å². The Kier molecular flexibility index (Phi) is 2.37. The van der Waals surface area contributed by atoms with Gasteiger partial charge in [0.15, 0.2) is 0 Å². The van der Waals surface area contributed by atoms with Crippen molar-refractivity contribution in [2.24, 2.45) is 0 Å². The maximum Gasteiger partial charge on any atom is 0.460 e. The van der Waals surface area contributed by atoms with Crippen LogP contribution in [0.1, 0.15) is 26.3 Å². The van der Waals surface area contributed by atoms with Crippen molar-refractivity contribution in [1.82, 2.24) is 0 Å². The molecule has 0 aromatic heterocycles. The zero-order chi connectivity index (χ0) is 13.7. The van der Waals surface area contributed by atoms with Crippen molar-refractivity contribution < 1.29 is 37.7 Å². The second-order valence-electron chi connectivity index (χ2n) is 3.60. The number of hydrogen-bond acceptors (Lipinski definition) is 4. The summed E-state index contributed by atoms with van der Waals surface area (Å²) in [5.74, 6) is -6.56. The predicted octanol–water partition coefficient (Wildman–Crippen LogP) is 1.26. The molecule has 0 saturated carbocycles. The summed E-state index contributed by atoms with van der Waals surface area (Å²) in [5, 5.41) is 18.0. The molecule has 18 heavy (non-hydrogen) atoms. The van der Waals surface area contributed by atoms with E-state index in [1.807, 2.05) is 0 Å². The van der Waals surface area contributed by atoms with Gasteiger partial charge in [-0.25, -0.2) is 9.59 Å². The Hall–Kier alpha value is -2.09. The highest BCUT2D eigenvalue weighted by Gasteiger charge is 2.63. The van der Waals surface area contributed by atoms with Crippen molar-refractivity contribution in [3.63, 3.8) is 0 Å². The first-order chi connectivity index (χ1) is 8.17. The van der Waals surface area contributed by atoms with E-state index in [9.17, 15) is 27.9 Å². The fourth-order valence-corrected chi connectivity index (χ4v) is 1.60. The molecule has 1 atom stereocenters. The fraction of sp³-hybridized carbons (Fsp3) is 0.200. The minimum atomic E-state index is -5.21. The number of carbonyl (C=O) groups is 2. The third-order valence-electron chi connectivity index (χ3n) is 2.48. The molecule has 0 radical (unpaired) electrons. The Labute approximate surface area is 97.4 Å². The van der Waals surface area contributed by atoms with Crippen LogP contribution in [-0.2, 0) is 10.5 Å². The number of carbonyl (C=O) groups excluding carboxylic acids is 1. The average Bonchev–Trinajstić information content (AvgIpc) is 2.51. The van der Waals surface area contributed by atoms with Gasteiger partial charge in [0.05, 0.1) is 11.1 Å². The van der Waals surface area contributed by atoms with E-state index in [0.717, 1.165) is 12.1 Å². The van der Waals surface area contributed by atoms with Crippen LogP contribution in [0.4, 0.5) is 13.2 Å². The number of aliphatic hydroxyl groups is 1. The minimum absolute atomic E-state index is 0.378. The number of carboxylic acid groups (broad SMARTS) is 1. The van der Waals surface area contributed by atoms with Crippen molar-refractivity contribution in [2.75, 3.05) is 0 Å². The number of carboxylic acids is 1. The van der Waals surface area contributed by atoms with Crippen molar-refractivity contribution in [2.45, 2.75) is 12.0 Å². The van der Waals surface area contributed by atoms with E-state index in [-0.39, 0.29) is 5.56 Å². The summed E-state index contributed by atoms with van der Waals surface area (Å²) >= 11 is 0. The molecule has 5 nitrogen and oxygen atoms in total. The molecule has 2 rings (SSSR count). The molecule has 96 valence electrons. The Morgan fingerprint density at radius 1 is 1.33 bits per heavy atom. The first-order valence-electron chi connectivity index (χ1n) is 4.57. The lowest BCUT2D eigenvalue weighted by molar-refractivity contribution is -0.349. The maximum absolute atomic E-state index is 12.6. The van der Waals surface area contributed by atoms with E-state index >= 15 is 0 Å². The number of halogens is 3. The molecule has 2 N–H and O–H groups in total. The number of alkyl halides is 3. The monoisotopic (exact) mass is 262 g/mol. The average molecular weight is 262 g/mol. The highest BCUT2D eigenvalue weighted by atomic mass is 19.4. The molecule has 0 aliphatic carbocycles. The zero-order valence-electron chi connectivity index (χ0n) is 8.49. The molecule has 1 aromatic rings. The highest BCUT2D eigenvalue weighted by molar-refractivity contribution is 5.98. The summed E-state index contributed by atoms with van der Waals surface area (Å²) in [6, 6.07) is 2.28. The van der Waals surface area contributed by atoms with Crippen molar-refractivity contribution >= 4 is 11.9 Å². The van der Waals surface area contributed by atoms with Crippen LogP contribution >= 0.6 is 0 Å². The number of rotatable bonds is 1. The Balaban J connectivity index is 2.62. The van der Waals surface area contributed by atoms with Crippen LogP contribution in [-0.4, -0.2) is 28.3 Å². The number of benzene rings is 1. The number of ether oxygens (including phenoxy) is 1. The van der Waals surface area contributed by atoms with Gasteiger partial charge in [-0.3, -0.25) is 0 Å². The SMILES string of the molecule is O=C(O)c1ccc2c(c1)C(=O)OC2(O)C(F)(F)F.